The van der Waals surface area contributed by atoms with E-state index in [0.717, 1.165) is 21.3 Å². The first-order chi connectivity index (χ1) is 11.4. The maximum absolute atomic E-state index is 12.8. The topological polar surface area (TPSA) is 36.7 Å². The number of fused-ring (bicyclic) bond motifs is 1. The Morgan fingerprint density at radius 3 is 2.67 bits per heavy atom. The molecule has 0 N–H and O–H groups in total. The molecular weight excluding hydrogens is 448 g/mol. The van der Waals surface area contributed by atoms with E-state index in [4.69, 9.17) is 0 Å². The van der Waals surface area contributed by atoms with Gasteiger partial charge in [0.05, 0.1) is 21.4 Å². The van der Waals surface area contributed by atoms with E-state index in [1.807, 2.05) is 24.3 Å². The van der Waals surface area contributed by atoms with Crippen LogP contribution in [0.15, 0.2) is 42.5 Å². The highest BCUT2D eigenvalue weighted by Gasteiger charge is 2.30. The number of rotatable bonds is 2. The Kier molecular flexibility index (Phi) is 4.60. The van der Waals surface area contributed by atoms with E-state index in [2.05, 4.69) is 33.6 Å². The standard InChI is InChI=1S/C17H8F3IN2S/c18-17(19,20)12-4-5-15-14(8-12)23-16(24-15)11(9-22)6-10-2-1-3-13(21)7-10/h1-8H. The number of benzene rings is 2. The number of nitriles is 1. The number of aromatic nitrogens is 1. The predicted octanol–water partition coefficient (Wildman–Crippen LogP) is 5.98. The molecule has 1 heterocycles. The summed E-state index contributed by atoms with van der Waals surface area (Å²) in [5, 5.41) is 9.79. The lowest BCUT2D eigenvalue weighted by molar-refractivity contribution is -0.137. The van der Waals surface area contributed by atoms with Crippen LogP contribution in [0.4, 0.5) is 13.2 Å². The molecule has 2 aromatic carbocycles. The Morgan fingerprint density at radius 2 is 2.00 bits per heavy atom. The van der Waals surface area contributed by atoms with Gasteiger partial charge in [0.1, 0.15) is 11.1 Å². The highest BCUT2D eigenvalue weighted by Crippen LogP contribution is 2.34. The lowest BCUT2D eigenvalue weighted by Gasteiger charge is -2.04. The fraction of sp³-hybridized carbons (Fsp3) is 0.0588. The Labute approximate surface area is 153 Å². The zero-order valence-electron chi connectivity index (χ0n) is 11.9. The molecule has 120 valence electrons. The van der Waals surface area contributed by atoms with Crippen LogP contribution >= 0.6 is 33.9 Å². The van der Waals surface area contributed by atoms with Gasteiger partial charge in [0.25, 0.3) is 0 Å². The molecule has 7 heteroatoms. The van der Waals surface area contributed by atoms with Gasteiger partial charge in [0.2, 0.25) is 0 Å². The van der Waals surface area contributed by atoms with Crippen LogP contribution in [0.2, 0.25) is 0 Å². The predicted molar refractivity (Wildman–Crippen MR) is 97.3 cm³/mol. The molecule has 0 bridgehead atoms. The molecule has 0 aliphatic rings. The first kappa shape index (κ1) is 16.9. The normalized spacial score (nSPS) is 12.4. The van der Waals surface area contributed by atoms with Gasteiger partial charge in [0.15, 0.2) is 0 Å². The van der Waals surface area contributed by atoms with Gasteiger partial charge in [-0.3, -0.25) is 0 Å². The van der Waals surface area contributed by atoms with Crippen molar-refractivity contribution in [2.75, 3.05) is 0 Å². The van der Waals surface area contributed by atoms with Gasteiger partial charge in [-0.1, -0.05) is 12.1 Å². The van der Waals surface area contributed by atoms with Crippen LogP contribution in [0.3, 0.4) is 0 Å². The van der Waals surface area contributed by atoms with Crippen molar-refractivity contribution in [3.8, 4) is 6.07 Å². The maximum Gasteiger partial charge on any atom is 0.416 e. The molecule has 0 aliphatic heterocycles. The van der Waals surface area contributed by atoms with Gasteiger partial charge in [-0.15, -0.1) is 11.3 Å². The summed E-state index contributed by atoms with van der Waals surface area (Å²) >= 11 is 3.37. The summed E-state index contributed by atoms with van der Waals surface area (Å²) in [4.78, 5) is 4.20. The lowest BCUT2D eigenvalue weighted by atomic mass is 10.1. The zero-order valence-corrected chi connectivity index (χ0v) is 14.9. The van der Waals surface area contributed by atoms with E-state index in [1.165, 1.54) is 17.4 Å². The summed E-state index contributed by atoms with van der Waals surface area (Å²) in [7, 11) is 0. The molecule has 3 aromatic rings. The van der Waals surface area contributed by atoms with Gasteiger partial charge in [-0.05, 0) is 64.6 Å². The van der Waals surface area contributed by atoms with Crippen LogP contribution in [-0.2, 0) is 6.18 Å². The Hall–Kier alpha value is -1.92. The molecule has 0 spiro atoms. The van der Waals surface area contributed by atoms with Crippen molar-refractivity contribution < 1.29 is 13.2 Å². The van der Waals surface area contributed by atoms with Crippen molar-refractivity contribution in [2.45, 2.75) is 6.18 Å². The number of allylic oxidation sites excluding steroid dienone is 1. The quantitative estimate of drug-likeness (QED) is 0.351. The van der Waals surface area contributed by atoms with Gasteiger partial charge in [-0.2, -0.15) is 18.4 Å². The summed E-state index contributed by atoms with van der Waals surface area (Å²) in [6.45, 7) is 0. The average Bonchev–Trinajstić information content (AvgIpc) is 2.94. The zero-order chi connectivity index (χ0) is 17.3. The Balaban J connectivity index is 2.06. The summed E-state index contributed by atoms with van der Waals surface area (Å²) in [6.07, 6.45) is -2.73. The number of hydrogen-bond acceptors (Lipinski definition) is 3. The minimum atomic E-state index is -4.41. The molecule has 0 unspecified atom stereocenters. The van der Waals surface area contributed by atoms with Crippen LogP contribution in [0.5, 0.6) is 0 Å². The molecule has 24 heavy (non-hydrogen) atoms. The molecule has 0 saturated carbocycles. The molecule has 0 amide bonds. The smallest absolute Gasteiger partial charge is 0.235 e. The van der Waals surface area contributed by atoms with Gasteiger partial charge in [0, 0.05) is 3.57 Å². The molecule has 0 radical (unpaired) electrons. The van der Waals surface area contributed by atoms with Gasteiger partial charge < -0.3 is 0 Å². The van der Waals surface area contributed by atoms with E-state index in [0.29, 0.717) is 15.3 Å². The van der Waals surface area contributed by atoms with Crippen molar-refractivity contribution in [1.82, 2.24) is 4.98 Å². The highest BCUT2D eigenvalue weighted by atomic mass is 127. The first-order valence-corrected chi connectivity index (χ1v) is 8.62. The third kappa shape index (κ3) is 3.60. The first-order valence-electron chi connectivity index (χ1n) is 6.72. The molecule has 0 atom stereocenters. The minimum absolute atomic E-state index is 0.244. The molecule has 3 rings (SSSR count). The van der Waals surface area contributed by atoms with E-state index < -0.39 is 11.7 Å². The summed E-state index contributed by atoms with van der Waals surface area (Å²) in [5.41, 5.74) is 0.668. The van der Waals surface area contributed by atoms with Crippen molar-refractivity contribution in [3.63, 3.8) is 0 Å². The van der Waals surface area contributed by atoms with Crippen molar-refractivity contribution in [1.29, 1.82) is 5.26 Å². The molecular formula is C17H8F3IN2S. The third-order valence-corrected chi connectivity index (χ3v) is 4.97. The molecule has 0 fully saturated rings. The molecule has 2 nitrogen and oxygen atoms in total. The second-order valence-corrected chi connectivity index (χ2v) is 7.20. The molecule has 0 aliphatic carbocycles. The number of hydrogen-bond donors (Lipinski definition) is 0. The van der Waals surface area contributed by atoms with Gasteiger partial charge in [-0.25, -0.2) is 4.98 Å². The van der Waals surface area contributed by atoms with E-state index in [9.17, 15) is 18.4 Å². The van der Waals surface area contributed by atoms with Gasteiger partial charge >= 0.3 is 6.18 Å². The fourth-order valence-corrected chi connectivity index (χ4v) is 3.60. The third-order valence-electron chi connectivity index (χ3n) is 3.23. The van der Waals surface area contributed by atoms with Crippen LogP contribution in [-0.4, -0.2) is 4.98 Å². The summed E-state index contributed by atoms with van der Waals surface area (Å²) in [5.74, 6) is 0. The van der Waals surface area contributed by atoms with Crippen molar-refractivity contribution >= 4 is 55.8 Å². The molecule has 1 aromatic heterocycles. The summed E-state index contributed by atoms with van der Waals surface area (Å²) in [6, 6.07) is 13.1. The molecule has 0 saturated heterocycles. The monoisotopic (exact) mass is 456 g/mol. The van der Waals surface area contributed by atoms with Crippen LogP contribution in [0.25, 0.3) is 21.9 Å². The highest BCUT2D eigenvalue weighted by molar-refractivity contribution is 14.1. The fourth-order valence-electron chi connectivity index (χ4n) is 2.12. The van der Waals surface area contributed by atoms with E-state index in [-0.39, 0.29) is 5.52 Å². The van der Waals surface area contributed by atoms with E-state index in [1.54, 1.807) is 6.08 Å². The summed E-state index contributed by atoms with van der Waals surface area (Å²) < 4.78 is 40.0. The number of halogens is 4. The Morgan fingerprint density at radius 1 is 1.21 bits per heavy atom. The second kappa shape index (κ2) is 6.53. The second-order valence-electron chi connectivity index (χ2n) is 4.92. The minimum Gasteiger partial charge on any atom is -0.235 e. The SMILES string of the molecule is N#CC(=Cc1cccc(I)c1)c1nc2cc(C(F)(F)F)ccc2s1. The number of thiazole rings is 1. The van der Waals surface area contributed by atoms with Crippen LogP contribution in [0.1, 0.15) is 16.1 Å². The number of nitrogens with zero attached hydrogens (tertiary/aromatic N) is 2. The number of alkyl halides is 3. The largest absolute Gasteiger partial charge is 0.416 e. The van der Waals surface area contributed by atoms with Crippen LogP contribution < -0.4 is 0 Å². The average molecular weight is 456 g/mol. The maximum atomic E-state index is 12.8. The lowest BCUT2D eigenvalue weighted by Crippen LogP contribution is -2.03. The van der Waals surface area contributed by atoms with Crippen molar-refractivity contribution in [3.05, 3.63) is 62.2 Å². The van der Waals surface area contributed by atoms with Crippen LogP contribution in [0, 0.1) is 14.9 Å². The Bertz CT molecular complexity index is 983. The van der Waals surface area contributed by atoms with Crippen molar-refractivity contribution in [2.24, 2.45) is 0 Å². The van der Waals surface area contributed by atoms with E-state index >= 15 is 0 Å².